The topological polar surface area (TPSA) is 87.2 Å². The summed E-state index contributed by atoms with van der Waals surface area (Å²) in [5.74, 6) is -0.361. The number of benzene rings is 1. The smallest absolute Gasteiger partial charge is 0.408 e. The third kappa shape index (κ3) is 1.50. The van der Waals surface area contributed by atoms with E-state index >= 15 is 0 Å². The average molecular weight is 233 g/mol. The second kappa shape index (κ2) is 3.21. The number of fused-ring (bicyclic) bond motifs is 1. The quantitative estimate of drug-likeness (QED) is 0.796. The van der Waals surface area contributed by atoms with Gasteiger partial charge in [-0.1, -0.05) is 6.07 Å². The third-order valence-corrected chi connectivity index (χ3v) is 3.62. The molecule has 17 heavy (non-hydrogen) atoms. The number of hydrogen-bond acceptors (Lipinski definition) is 4. The Hall–Kier alpha value is -1.59. The van der Waals surface area contributed by atoms with Gasteiger partial charge in [-0.25, -0.2) is 4.79 Å². The predicted octanol–water partition coefficient (Wildman–Crippen LogP) is 0.623. The van der Waals surface area contributed by atoms with E-state index in [-0.39, 0.29) is 17.3 Å². The largest absolute Gasteiger partial charge is 0.419 e. The summed E-state index contributed by atoms with van der Waals surface area (Å²) < 4.78 is 6.54. The third-order valence-electron chi connectivity index (χ3n) is 3.62. The van der Waals surface area contributed by atoms with Gasteiger partial charge in [0.15, 0.2) is 5.58 Å². The van der Waals surface area contributed by atoms with E-state index < -0.39 is 0 Å². The number of oxazole rings is 1. The van der Waals surface area contributed by atoms with Crippen LogP contribution in [0.1, 0.15) is 24.4 Å². The van der Waals surface area contributed by atoms with Crippen LogP contribution in [0.2, 0.25) is 0 Å². The van der Waals surface area contributed by atoms with Crippen LogP contribution in [-0.2, 0) is 7.05 Å². The van der Waals surface area contributed by atoms with Gasteiger partial charge in [0.05, 0.1) is 5.52 Å². The number of rotatable bonds is 2. The first-order valence-electron chi connectivity index (χ1n) is 5.65. The zero-order chi connectivity index (χ0) is 12.2. The Kier molecular flexibility index (Phi) is 1.99. The van der Waals surface area contributed by atoms with Gasteiger partial charge in [0, 0.05) is 18.6 Å². The summed E-state index contributed by atoms with van der Waals surface area (Å²) in [7, 11) is 1.68. The Balaban J connectivity index is 2.12. The average Bonchev–Trinajstić information content (AvgIpc) is 3.00. The maximum absolute atomic E-state index is 11.4. The van der Waals surface area contributed by atoms with Crippen LogP contribution in [0.15, 0.2) is 27.4 Å². The summed E-state index contributed by atoms with van der Waals surface area (Å²) in [4.78, 5) is 11.4. The Bertz CT molecular complexity index is 637. The summed E-state index contributed by atoms with van der Waals surface area (Å²) in [6.45, 7) is 0. The van der Waals surface area contributed by atoms with Crippen LogP contribution in [-0.4, -0.2) is 10.1 Å². The van der Waals surface area contributed by atoms with Crippen LogP contribution in [0.25, 0.3) is 11.1 Å². The van der Waals surface area contributed by atoms with Gasteiger partial charge in [0.2, 0.25) is 0 Å². The van der Waals surface area contributed by atoms with Crippen LogP contribution in [0.4, 0.5) is 0 Å². The molecule has 1 fully saturated rings. The van der Waals surface area contributed by atoms with Crippen molar-refractivity contribution in [2.24, 2.45) is 18.5 Å². The zero-order valence-electron chi connectivity index (χ0n) is 9.64. The van der Waals surface area contributed by atoms with Gasteiger partial charge in [-0.2, -0.15) is 0 Å². The van der Waals surface area contributed by atoms with E-state index in [1.165, 1.54) is 4.57 Å². The second-order valence-corrected chi connectivity index (χ2v) is 4.86. The molecule has 1 aromatic carbocycles. The summed E-state index contributed by atoms with van der Waals surface area (Å²) in [6, 6.07) is 5.36. The Morgan fingerprint density at radius 3 is 2.82 bits per heavy atom. The monoisotopic (exact) mass is 233 g/mol. The molecule has 1 aliphatic rings. The summed E-state index contributed by atoms with van der Waals surface area (Å²) in [5, 5.41) is 0. The molecule has 2 aromatic rings. The molecule has 1 saturated carbocycles. The number of aryl methyl sites for hydroxylation is 1. The molecule has 0 radical (unpaired) electrons. The lowest BCUT2D eigenvalue weighted by Gasteiger charge is -2.19. The van der Waals surface area contributed by atoms with Crippen molar-refractivity contribution in [3.8, 4) is 0 Å². The molecule has 5 heteroatoms. The molecule has 90 valence electrons. The molecule has 1 aromatic heterocycles. The molecule has 4 N–H and O–H groups in total. The number of hydrogen-bond donors (Lipinski definition) is 2. The lowest BCUT2D eigenvalue weighted by Crippen LogP contribution is -2.36. The maximum Gasteiger partial charge on any atom is 0.419 e. The maximum atomic E-state index is 11.4. The Morgan fingerprint density at radius 2 is 2.18 bits per heavy atom. The van der Waals surface area contributed by atoms with Crippen molar-refractivity contribution in [1.82, 2.24) is 4.57 Å². The van der Waals surface area contributed by atoms with Gasteiger partial charge >= 0.3 is 5.76 Å². The van der Waals surface area contributed by atoms with Gasteiger partial charge in [-0.15, -0.1) is 0 Å². The number of aromatic nitrogens is 1. The first-order chi connectivity index (χ1) is 8.01. The van der Waals surface area contributed by atoms with Crippen molar-refractivity contribution in [2.75, 3.05) is 0 Å². The van der Waals surface area contributed by atoms with Crippen LogP contribution in [0, 0.1) is 0 Å². The van der Waals surface area contributed by atoms with Crippen LogP contribution < -0.4 is 17.2 Å². The summed E-state index contributed by atoms with van der Waals surface area (Å²) in [5.41, 5.74) is 14.3. The second-order valence-electron chi connectivity index (χ2n) is 4.86. The lowest BCUT2D eigenvalue weighted by molar-refractivity contribution is 0.527. The van der Waals surface area contributed by atoms with E-state index in [1.807, 2.05) is 12.1 Å². The molecule has 0 bridgehead atoms. The van der Waals surface area contributed by atoms with Gasteiger partial charge in [-0.05, 0) is 30.5 Å². The van der Waals surface area contributed by atoms with Crippen molar-refractivity contribution in [2.45, 2.75) is 24.4 Å². The minimum absolute atomic E-state index is 0.183. The normalized spacial score (nSPS) is 19.5. The highest BCUT2D eigenvalue weighted by molar-refractivity contribution is 5.74. The van der Waals surface area contributed by atoms with E-state index in [2.05, 4.69) is 0 Å². The molecule has 1 aliphatic carbocycles. The molecular weight excluding hydrogens is 218 g/mol. The van der Waals surface area contributed by atoms with Gasteiger partial charge in [0.25, 0.3) is 0 Å². The minimum atomic E-state index is -0.361. The molecule has 1 heterocycles. The van der Waals surface area contributed by atoms with Gasteiger partial charge in [-0.3, -0.25) is 4.57 Å². The zero-order valence-corrected chi connectivity index (χ0v) is 9.64. The van der Waals surface area contributed by atoms with Crippen LogP contribution in [0.3, 0.4) is 0 Å². The Morgan fingerprint density at radius 1 is 1.47 bits per heavy atom. The molecule has 5 nitrogen and oxygen atoms in total. The van der Waals surface area contributed by atoms with Gasteiger partial charge < -0.3 is 15.9 Å². The van der Waals surface area contributed by atoms with E-state index in [0.717, 1.165) is 23.9 Å². The fourth-order valence-corrected chi connectivity index (χ4v) is 2.12. The van der Waals surface area contributed by atoms with E-state index in [4.69, 9.17) is 15.9 Å². The summed E-state index contributed by atoms with van der Waals surface area (Å²) >= 11 is 0. The van der Waals surface area contributed by atoms with Crippen molar-refractivity contribution in [3.05, 3.63) is 34.3 Å². The minimum Gasteiger partial charge on any atom is -0.408 e. The first-order valence-corrected chi connectivity index (χ1v) is 5.65. The molecule has 1 atom stereocenters. The summed E-state index contributed by atoms with van der Waals surface area (Å²) in [6.07, 6.45) is 1.91. The predicted molar refractivity (Wildman–Crippen MR) is 64.5 cm³/mol. The standard InChI is InChI=1S/C12H15N3O2/c1-15-8-6-7(10(13)12(14)4-5-12)2-3-9(8)17-11(15)16/h2-3,6,10H,4-5,13-14H2,1H3. The van der Waals surface area contributed by atoms with Gasteiger partial charge in [0.1, 0.15) is 0 Å². The number of nitrogens with two attached hydrogens (primary N) is 2. The van der Waals surface area contributed by atoms with E-state index in [1.54, 1.807) is 13.1 Å². The molecule has 0 saturated heterocycles. The van der Waals surface area contributed by atoms with Crippen molar-refractivity contribution >= 4 is 11.1 Å². The van der Waals surface area contributed by atoms with Crippen molar-refractivity contribution in [3.63, 3.8) is 0 Å². The fraction of sp³-hybridized carbons (Fsp3) is 0.417. The van der Waals surface area contributed by atoms with E-state index in [0.29, 0.717) is 5.58 Å². The molecular formula is C12H15N3O2. The van der Waals surface area contributed by atoms with Crippen molar-refractivity contribution in [1.29, 1.82) is 0 Å². The first kappa shape index (κ1) is 10.6. The molecule has 1 unspecified atom stereocenters. The molecule has 0 spiro atoms. The highest BCUT2D eigenvalue weighted by Gasteiger charge is 2.44. The molecule has 0 aliphatic heterocycles. The Labute approximate surface area is 98.0 Å². The molecule has 3 rings (SSSR count). The highest BCUT2D eigenvalue weighted by Crippen LogP contribution is 2.42. The van der Waals surface area contributed by atoms with Crippen molar-refractivity contribution < 1.29 is 4.42 Å². The fourth-order valence-electron chi connectivity index (χ4n) is 2.12. The lowest BCUT2D eigenvalue weighted by atomic mass is 9.98. The van der Waals surface area contributed by atoms with Crippen LogP contribution >= 0.6 is 0 Å². The van der Waals surface area contributed by atoms with Crippen LogP contribution in [0.5, 0.6) is 0 Å². The number of nitrogens with zero attached hydrogens (tertiary/aromatic N) is 1. The SMILES string of the molecule is Cn1c(=O)oc2ccc(C(N)C3(N)CC3)cc21. The highest BCUT2D eigenvalue weighted by atomic mass is 16.4. The molecule has 0 amide bonds. The van der Waals surface area contributed by atoms with E-state index in [9.17, 15) is 4.79 Å².